The van der Waals surface area contributed by atoms with Crippen LogP contribution in [0.25, 0.3) is 0 Å². The summed E-state index contributed by atoms with van der Waals surface area (Å²) >= 11 is 0. The average Bonchev–Trinajstić information content (AvgIpc) is 2.61. The Balaban J connectivity index is 2.37. The van der Waals surface area contributed by atoms with Crippen LogP contribution in [0.1, 0.15) is 68.7 Å². The Morgan fingerprint density at radius 2 is 1.46 bits per heavy atom. The van der Waals surface area contributed by atoms with Crippen molar-refractivity contribution in [3.8, 4) is 0 Å². The number of fused-ring (bicyclic) bond motifs is 1. The standard InChI is InChI=1S/C22H43F3O7SSi2/c1-19(2,3)34(10,11)31-15-12-16-18(30-17(15)13-28-33(26,27)22(23,24)25)14-29-35(32-16,20(4,5)6)21(7,8)9/h15-18H,12-14H2,1-11H3/t15-,16+,17+,18-/m1/s1. The molecule has 2 saturated heterocycles. The Kier molecular flexibility index (Phi) is 8.57. The van der Waals surface area contributed by atoms with Gasteiger partial charge in [0.2, 0.25) is 0 Å². The highest BCUT2D eigenvalue weighted by Crippen LogP contribution is 2.55. The van der Waals surface area contributed by atoms with Crippen LogP contribution < -0.4 is 0 Å². The van der Waals surface area contributed by atoms with Gasteiger partial charge >= 0.3 is 24.2 Å². The Morgan fingerprint density at radius 1 is 0.943 bits per heavy atom. The van der Waals surface area contributed by atoms with Crippen molar-refractivity contribution in [2.24, 2.45) is 0 Å². The molecule has 2 rings (SSSR count). The minimum Gasteiger partial charge on any atom is -0.411 e. The molecule has 0 spiro atoms. The van der Waals surface area contributed by atoms with Crippen molar-refractivity contribution in [1.29, 1.82) is 0 Å². The topological polar surface area (TPSA) is 80.3 Å². The van der Waals surface area contributed by atoms with E-state index in [0.29, 0.717) is 6.42 Å². The molecule has 2 aliphatic heterocycles. The Morgan fingerprint density at radius 3 is 1.89 bits per heavy atom. The summed E-state index contributed by atoms with van der Waals surface area (Å²) in [5.74, 6) is 0. The van der Waals surface area contributed by atoms with Gasteiger partial charge in [-0.2, -0.15) is 21.6 Å². The lowest BCUT2D eigenvalue weighted by Crippen LogP contribution is -2.68. The molecule has 0 radical (unpaired) electrons. The Bertz CT molecular complexity index is 844. The zero-order chi connectivity index (χ0) is 27.5. The fourth-order valence-electron chi connectivity index (χ4n) is 4.61. The van der Waals surface area contributed by atoms with Crippen molar-refractivity contribution in [3.63, 3.8) is 0 Å². The first kappa shape index (κ1) is 31.2. The summed E-state index contributed by atoms with van der Waals surface area (Å²) in [6.07, 6.45) is -2.32. The van der Waals surface area contributed by atoms with Crippen LogP contribution in [0.15, 0.2) is 0 Å². The third kappa shape index (κ3) is 6.35. The Labute approximate surface area is 210 Å². The lowest BCUT2D eigenvalue weighted by Gasteiger charge is -2.57. The second-order valence-electron chi connectivity index (χ2n) is 13.1. The first-order chi connectivity index (χ1) is 15.3. The molecule has 2 aliphatic rings. The summed E-state index contributed by atoms with van der Waals surface area (Å²) in [4.78, 5) is 0. The highest BCUT2D eigenvalue weighted by molar-refractivity contribution is 7.87. The summed E-state index contributed by atoms with van der Waals surface area (Å²) in [5.41, 5.74) is -5.51. The lowest BCUT2D eigenvalue weighted by atomic mass is 9.99. The predicted molar refractivity (Wildman–Crippen MR) is 132 cm³/mol. The van der Waals surface area contributed by atoms with E-state index in [2.05, 4.69) is 45.7 Å². The van der Waals surface area contributed by atoms with Crippen LogP contribution in [0.5, 0.6) is 0 Å². The molecule has 208 valence electrons. The van der Waals surface area contributed by atoms with Crippen LogP contribution in [-0.4, -0.2) is 68.4 Å². The van der Waals surface area contributed by atoms with Gasteiger partial charge in [-0.3, -0.25) is 4.18 Å². The maximum Gasteiger partial charge on any atom is 0.523 e. The first-order valence-corrected chi connectivity index (χ1v) is 18.1. The molecule has 4 atom stereocenters. The largest absolute Gasteiger partial charge is 0.523 e. The molecule has 0 N–H and O–H groups in total. The first-order valence-electron chi connectivity index (χ1n) is 12.0. The molecule has 35 heavy (non-hydrogen) atoms. The Hall–Kier alpha value is -0.0262. The van der Waals surface area contributed by atoms with Crippen LogP contribution in [0.2, 0.25) is 28.2 Å². The molecule has 0 aromatic rings. The summed E-state index contributed by atoms with van der Waals surface area (Å²) in [5, 5.41) is -0.696. The molecular weight excluding hydrogens is 521 g/mol. The van der Waals surface area contributed by atoms with Crippen molar-refractivity contribution < 1.29 is 43.8 Å². The lowest BCUT2D eigenvalue weighted by molar-refractivity contribution is -0.202. The van der Waals surface area contributed by atoms with E-state index in [-0.39, 0.29) is 27.8 Å². The van der Waals surface area contributed by atoms with Crippen molar-refractivity contribution in [2.45, 2.75) is 127 Å². The third-order valence-corrected chi connectivity index (χ3v) is 18.0. The number of hydrogen-bond acceptors (Lipinski definition) is 7. The number of halogens is 3. The van der Waals surface area contributed by atoms with Gasteiger partial charge in [0.15, 0.2) is 8.32 Å². The number of hydrogen-bond donors (Lipinski definition) is 0. The van der Waals surface area contributed by atoms with E-state index < -0.39 is 57.4 Å². The van der Waals surface area contributed by atoms with Gasteiger partial charge in [0.05, 0.1) is 25.4 Å². The minimum absolute atomic E-state index is 0.181. The fraction of sp³-hybridized carbons (Fsp3) is 1.00. The highest BCUT2D eigenvalue weighted by Gasteiger charge is 2.63. The van der Waals surface area contributed by atoms with Crippen LogP contribution in [0.3, 0.4) is 0 Å². The van der Waals surface area contributed by atoms with Crippen molar-refractivity contribution in [3.05, 3.63) is 0 Å². The normalized spacial score (nSPS) is 29.1. The third-order valence-electron chi connectivity index (χ3n) is 7.31. The van der Waals surface area contributed by atoms with Gasteiger partial charge in [-0.1, -0.05) is 62.3 Å². The van der Waals surface area contributed by atoms with Gasteiger partial charge in [0.1, 0.15) is 12.2 Å². The summed E-state index contributed by atoms with van der Waals surface area (Å²) in [6.45, 7) is 22.2. The van der Waals surface area contributed by atoms with E-state index in [1.807, 2.05) is 33.9 Å². The van der Waals surface area contributed by atoms with Crippen molar-refractivity contribution in [2.75, 3.05) is 13.2 Å². The van der Waals surface area contributed by atoms with Gasteiger partial charge in [-0.05, 0) is 18.1 Å². The number of ether oxygens (including phenoxy) is 1. The molecule has 13 heteroatoms. The van der Waals surface area contributed by atoms with E-state index in [9.17, 15) is 21.6 Å². The van der Waals surface area contributed by atoms with Crippen molar-refractivity contribution in [1.82, 2.24) is 0 Å². The van der Waals surface area contributed by atoms with Gasteiger partial charge in [0, 0.05) is 16.5 Å². The zero-order valence-electron chi connectivity index (χ0n) is 22.8. The number of alkyl halides is 3. The van der Waals surface area contributed by atoms with Crippen LogP contribution >= 0.6 is 0 Å². The highest BCUT2D eigenvalue weighted by atomic mass is 32.2. The average molecular weight is 565 g/mol. The summed E-state index contributed by atoms with van der Waals surface area (Å²) in [7, 11) is -11.0. The maximum absolute atomic E-state index is 12.9. The van der Waals surface area contributed by atoms with Gasteiger partial charge < -0.3 is 18.0 Å². The van der Waals surface area contributed by atoms with E-state index in [4.69, 9.17) is 18.0 Å². The maximum atomic E-state index is 12.9. The second kappa shape index (κ2) is 9.62. The van der Waals surface area contributed by atoms with E-state index in [1.165, 1.54) is 0 Å². The van der Waals surface area contributed by atoms with E-state index in [0.717, 1.165) is 0 Å². The molecular formula is C22H43F3O7SSi2. The molecule has 7 nitrogen and oxygen atoms in total. The molecule has 0 saturated carbocycles. The zero-order valence-corrected chi connectivity index (χ0v) is 25.6. The van der Waals surface area contributed by atoms with E-state index in [1.54, 1.807) is 0 Å². The molecule has 0 aromatic carbocycles. The SMILES string of the molecule is CC(C)(C)[Si](C)(C)O[C@@H]1C[C@@H]2O[Si](C(C)(C)C)(C(C)(C)C)OC[C@H]2O[C@H]1COS(=O)(=O)C(F)(F)F. The minimum atomic E-state index is -5.76. The summed E-state index contributed by atoms with van der Waals surface area (Å²) < 4.78 is 92.0. The monoisotopic (exact) mass is 564 g/mol. The molecule has 0 bridgehead atoms. The molecule has 0 aliphatic carbocycles. The van der Waals surface area contributed by atoms with Crippen LogP contribution in [-0.2, 0) is 32.3 Å². The molecule has 0 amide bonds. The van der Waals surface area contributed by atoms with Crippen molar-refractivity contribution >= 4 is 27.0 Å². The van der Waals surface area contributed by atoms with E-state index >= 15 is 0 Å². The molecule has 2 heterocycles. The predicted octanol–water partition coefficient (Wildman–Crippen LogP) is 5.86. The quantitative estimate of drug-likeness (QED) is 0.235. The number of rotatable bonds is 5. The summed E-state index contributed by atoms with van der Waals surface area (Å²) in [6, 6.07) is 0. The van der Waals surface area contributed by atoms with Crippen LogP contribution in [0.4, 0.5) is 13.2 Å². The van der Waals surface area contributed by atoms with Crippen LogP contribution in [0, 0.1) is 0 Å². The van der Waals surface area contributed by atoms with Gasteiger partial charge in [-0.25, -0.2) is 0 Å². The molecule has 0 unspecified atom stereocenters. The second-order valence-corrected chi connectivity index (χ2v) is 24.3. The van der Waals surface area contributed by atoms with Gasteiger partial charge in [-0.15, -0.1) is 0 Å². The fourth-order valence-corrected chi connectivity index (χ4v) is 11.4. The smallest absolute Gasteiger partial charge is 0.411 e. The molecule has 0 aromatic heterocycles. The van der Waals surface area contributed by atoms with Gasteiger partial charge in [0.25, 0.3) is 0 Å². The molecule has 2 fully saturated rings.